The number of halogens is 2. The van der Waals surface area contributed by atoms with E-state index in [0.29, 0.717) is 21.2 Å². The number of ketones is 1. The summed E-state index contributed by atoms with van der Waals surface area (Å²) in [6.45, 7) is 7.87. The fraction of sp³-hybridized carbons (Fsp3) is 0.273. The smallest absolute Gasteiger partial charge is 0.331 e. The van der Waals surface area contributed by atoms with E-state index in [0.717, 1.165) is 5.56 Å². The zero-order valence-corrected chi connectivity index (χ0v) is 17.3. The molecule has 0 unspecified atom stereocenters. The molecular formula is C22H22Cl2O3. The summed E-state index contributed by atoms with van der Waals surface area (Å²) in [7, 11) is 0. The SMILES string of the molecule is C[C@H](OC(=O)/C=C/c1ccc(Cl)cc1Cl)C(=O)c1ccc(C(C)(C)C)cc1. The van der Waals surface area contributed by atoms with Crippen LogP contribution in [-0.2, 0) is 14.9 Å². The molecule has 0 aliphatic carbocycles. The number of benzene rings is 2. The largest absolute Gasteiger partial charge is 0.451 e. The molecule has 0 radical (unpaired) electrons. The number of Topliss-reactive ketones (excluding diaryl/α,β-unsaturated/α-hetero) is 1. The minimum atomic E-state index is -0.886. The monoisotopic (exact) mass is 404 g/mol. The number of esters is 1. The highest BCUT2D eigenvalue weighted by atomic mass is 35.5. The number of rotatable bonds is 5. The van der Waals surface area contributed by atoms with Gasteiger partial charge in [0.2, 0.25) is 5.78 Å². The van der Waals surface area contributed by atoms with Gasteiger partial charge in [-0.1, -0.05) is 74.3 Å². The Morgan fingerprint density at radius 2 is 1.67 bits per heavy atom. The van der Waals surface area contributed by atoms with E-state index in [1.54, 1.807) is 37.3 Å². The quantitative estimate of drug-likeness (QED) is 0.342. The normalized spacial score (nSPS) is 12.8. The molecule has 0 fully saturated rings. The van der Waals surface area contributed by atoms with E-state index < -0.39 is 12.1 Å². The van der Waals surface area contributed by atoms with Gasteiger partial charge in [-0.05, 0) is 41.7 Å². The summed E-state index contributed by atoms with van der Waals surface area (Å²) in [6.07, 6.45) is 1.88. The molecule has 0 aliphatic heterocycles. The van der Waals surface area contributed by atoms with Crippen LogP contribution >= 0.6 is 23.2 Å². The molecule has 0 saturated carbocycles. The lowest BCUT2D eigenvalue weighted by Crippen LogP contribution is -2.23. The lowest BCUT2D eigenvalue weighted by atomic mass is 9.86. The van der Waals surface area contributed by atoms with Crippen LogP contribution in [0.3, 0.4) is 0 Å². The molecule has 27 heavy (non-hydrogen) atoms. The van der Waals surface area contributed by atoms with E-state index in [1.165, 1.54) is 12.2 Å². The van der Waals surface area contributed by atoms with Gasteiger partial charge in [-0.2, -0.15) is 0 Å². The minimum Gasteiger partial charge on any atom is -0.451 e. The first-order valence-corrected chi connectivity index (χ1v) is 9.32. The Kier molecular flexibility index (Phi) is 6.85. The number of hydrogen-bond donors (Lipinski definition) is 0. The Morgan fingerprint density at radius 3 is 2.22 bits per heavy atom. The molecule has 0 aliphatic rings. The molecule has 2 aromatic rings. The second-order valence-electron chi connectivity index (χ2n) is 7.27. The number of carbonyl (C=O) groups excluding carboxylic acids is 2. The predicted molar refractivity (Wildman–Crippen MR) is 111 cm³/mol. The van der Waals surface area contributed by atoms with E-state index >= 15 is 0 Å². The van der Waals surface area contributed by atoms with Gasteiger partial charge in [0.05, 0.1) is 0 Å². The molecule has 0 spiro atoms. The highest BCUT2D eigenvalue weighted by Gasteiger charge is 2.20. The second kappa shape index (κ2) is 8.73. The van der Waals surface area contributed by atoms with E-state index in [2.05, 4.69) is 20.8 Å². The van der Waals surface area contributed by atoms with Crippen LogP contribution in [0, 0.1) is 0 Å². The summed E-state index contributed by atoms with van der Waals surface area (Å²) in [6, 6.07) is 12.3. The minimum absolute atomic E-state index is 0.00734. The van der Waals surface area contributed by atoms with Crippen LogP contribution in [0.4, 0.5) is 0 Å². The van der Waals surface area contributed by atoms with E-state index in [9.17, 15) is 9.59 Å². The van der Waals surface area contributed by atoms with Crippen molar-refractivity contribution in [2.75, 3.05) is 0 Å². The first-order valence-electron chi connectivity index (χ1n) is 8.56. The lowest BCUT2D eigenvalue weighted by molar-refractivity contribution is -0.140. The molecule has 0 N–H and O–H groups in total. The molecule has 142 valence electrons. The van der Waals surface area contributed by atoms with Crippen molar-refractivity contribution in [2.45, 2.75) is 39.2 Å². The molecule has 2 rings (SSSR count). The van der Waals surface area contributed by atoms with Gasteiger partial charge in [0.25, 0.3) is 0 Å². The third kappa shape index (κ3) is 5.95. The summed E-state index contributed by atoms with van der Waals surface area (Å²) in [5.41, 5.74) is 2.28. The number of carbonyl (C=O) groups is 2. The molecule has 5 heteroatoms. The van der Waals surface area contributed by atoms with Gasteiger partial charge in [-0.15, -0.1) is 0 Å². The Morgan fingerprint density at radius 1 is 1.04 bits per heavy atom. The fourth-order valence-electron chi connectivity index (χ4n) is 2.43. The van der Waals surface area contributed by atoms with Gasteiger partial charge in [-0.3, -0.25) is 4.79 Å². The average molecular weight is 405 g/mol. The summed E-state index contributed by atoms with van der Waals surface area (Å²) < 4.78 is 5.20. The molecule has 0 heterocycles. The van der Waals surface area contributed by atoms with E-state index in [-0.39, 0.29) is 11.2 Å². The van der Waals surface area contributed by atoms with Crippen molar-refractivity contribution in [3.05, 3.63) is 75.3 Å². The van der Waals surface area contributed by atoms with Crippen LogP contribution < -0.4 is 0 Å². The molecular weight excluding hydrogens is 383 g/mol. The van der Waals surface area contributed by atoms with Gasteiger partial charge < -0.3 is 4.74 Å². The first-order chi connectivity index (χ1) is 12.6. The molecule has 0 aromatic heterocycles. The fourth-order valence-corrected chi connectivity index (χ4v) is 2.90. The predicted octanol–water partition coefficient (Wildman–Crippen LogP) is 6.12. The van der Waals surface area contributed by atoms with Crippen LogP contribution in [0.15, 0.2) is 48.5 Å². The summed E-state index contributed by atoms with van der Waals surface area (Å²) in [5.74, 6) is -0.866. The lowest BCUT2D eigenvalue weighted by Gasteiger charge is -2.19. The van der Waals surface area contributed by atoms with Crippen LogP contribution in [0.1, 0.15) is 49.2 Å². The summed E-state index contributed by atoms with van der Waals surface area (Å²) >= 11 is 11.9. The van der Waals surface area contributed by atoms with Crippen molar-refractivity contribution in [1.29, 1.82) is 0 Å². The van der Waals surface area contributed by atoms with Gasteiger partial charge in [0.1, 0.15) is 0 Å². The van der Waals surface area contributed by atoms with Crippen LogP contribution in [0.25, 0.3) is 6.08 Å². The van der Waals surface area contributed by atoms with Gasteiger partial charge in [-0.25, -0.2) is 4.79 Å². The van der Waals surface area contributed by atoms with Gasteiger partial charge in [0.15, 0.2) is 6.10 Å². The molecule has 0 bridgehead atoms. The molecule has 2 aromatic carbocycles. The van der Waals surface area contributed by atoms with E-state index in [4.69, 9.17) is 27.9 Å². The zero-order valence-electron chi connectivity index (χ0n) is 15.8. The molecule has 1 atom stereocenters. The Bertz CT molecular complexity index is 862. The summed E-state index contributed by atoms with van der Waals surface area (Å²) in [5, 5.41) is 0.936. The topological polar surface area (TPSA) is 43.4 Å². The van der Waals surface area contributed by atoms with Crippen LogP contribution in [0.2, 0.25) is 10.0 Å². The van der Waals surface area contributed by atoms with Crippen molar-refractivity contribution >= 4 is 41.0 Å². The van der Waals surface area contributed by atoms with Crippen molar-refractivity contribution in [3.8, 4) is 0 Å². The molecule has 0 saturated heterocycles. The highest BCUT2D eigenvalue weighted by Crippen LogP contribution is 2.23. The van der Waals surface area contributed by atoms with Crippen LogP contribution in [-0.4, -0.2) is 17.9 Å². The second-order valence-corrected chi connectivity index (χ2v) is 8.11. The van der Waals surface area contributed by atoms with E-state index in [1.807, 2.05) is 12.1 Å². The first kappa shape index (κ1) is 21.2. The maximum absolute atomic E-state index is 12.5. The number of hydrogen-bond acceptors (Lipinski definition) is 3. The average Bonchev–Trinajstić information content (AvgIpc) is 2.59. The third-order valence-corrected chi connectivity index (χ3v) is 4.62. The van der Waals surface area contributed by atoms with Gasteiger partial charge >= 0.3 is 5.97 Å². The Labute approximate surface area is 169 Å². The standard InChI is InChI=1S/C22H22Cl2O3/c1-14(21(26)16-5-9-17(10-6-16)22(2,3)4)27-20(25)12-8-15-7-11-18(23)13-19(15)24/h5-14H,1-4H3/b12-8+/t14-/m0/s1. The highest BCUT2D eigenvalue weighted by molar-refractivity contribution is 6.35. The number of ether oxygens (including phenoxy) is 1. The zero-order chi connectivity index (χ0) is 20.2. The van der Waals surface area contributed by atoms with Crippen LogP contribution in [0.5, 0.6) is 0 Å². The Balaban J connectivity index is 2.01. The van der Waals surface area contributed by atoms with Gasteiger partial charge in [0, 0.05) is 21.7 Å². The Hall–Kier alpha value is -2.10. The summed E-state index contributed by atoms with van der Waals surface area (Å²) in [4.78, 5) is 24.5. The maximum Gasteiger partial charge on any atom is 0.331 e. The van der Waals surface area contributed by atoms with Crippen molar-refractivity contribution in [2.24, 2.45) is 0 Å². The van der Waals surface area contributed by atoms with Crippen molar-refractivity contribution in [3.63, 3.8) is 0 Å². The third-order valence-electron chi connectivity index (χ3n) is 4.06. The van der Waals surface area contributed by atoms with Crippen molar-refractivity contribution in [1.82, 2.24) is 0 Å². The molecule has 3 nitrogen and oxygen atoms in total. The van der Waals surface area contributed by atoms with Crippen molar-refractivity contribution < 1.29 is 14.3 Å². The maximum atomic E-state index is 12.5. The molecule has 0 amide bonds.